The van der Waals surface area contributed by atoms with E-state index in [1.54, 1.807) is 0 Å². The van der Waals surface area contributed by atoms with E-state index in [1.807, 2.05) is 24.3 Å². The number of aryl methyl sites for hydroxylation is 1. The van der Waals surface area contributed by atoms with Crippen LogP contribution in [0.15, 0.2) is 24.3 Å². The molecule has 0 bridgehead atoms. The zero-order chi connectivity index (χ0) is 12.5. The third-order valence-corrected chi connectivity index (χ3v) is 2.47. The monoisotopic (exact) mass is 258 g/mol. The number of carbonyl (C=O) groups is 1. The van der Waals surface area contributed by atoms with Crippen molar-refractivity contribution in [3.05, 3.63) is 34.9 Å². The van der Waals surface area contributed by atoms with Crippen LogP contribution in [0.3, 0.4) is 0 Å². The second kappa shape index (κ2) is 7.90. The van der Waals surface area contributed by atoms with Gasteiger partial charge in [-0.3, -0.25) is 0 Å². The van der Waals surface area contributed by atoms with E-state index in [4.69, 9.17) is 11.6 Å². The van der Waals surface area contributed by atoms with Crippen molar-refractivity contribution in [2.45, 2.75) is 12.8 Å². The first-order valence-electron chi connectivity index (χ1n) is 5.54. The fourth-order valence-corrected chi connectivity index (χ4v) is 1.49. The standard InChI is InChI=1S/C12H16ClFN2O/c13-11-5-3-10(4-6-11)2-1-8-15-12(17)16-9-7-14/h3-6H,1-2,7-9H2,(H2,15,16,17). The Bertz CT molecular complexity index is 343. The summed E-state index contributed by atoms with van der Waals surface area (Å²) in [5, 5.41) is 5.77. The number of hydrogen-bond acceptors (Lipinski definition) is 1. The number of rotatable bonds is 6. The number of benzene rings is 1. The van der Waals surface area contributed by atoms with Gasteiger partial charge in [-0.2, -0.15) is 0 Å². The molecule has 0 radical (unpaired) electrons. The number of nitrogens with one attached hydrogen (secondary N) is 2. The van der Waals surface area contributed by atoms with Crippen molar-refractivity contribution in [3.63, 3.8) is 0 Å². The quantitative estimate of drug-likeness (QED) is 0.757. The van der Waals surface area contributed by atoms with Crippen molar-refractivity contribution >= 4 is 17.6 Å². The maximum Gasteiger partial charge on any atom is 0.314 e. The van der Waals surface area contributed by atoms with Crippen LogP contribution >= 0.6 is 11.6 Å². The van der Waals surface area contributed by atoms with Crippen molar-refractivity contribution in [2.24, 2.45) is 0 Å². The van der Waals surface area contributed by atoms with E-state index in [9.17, 15) is 9.18 Å². The van der Waals surface area contributed by atoms with Gasteiger partial charge in [0.2, 0.25) is 0 Å². The molecule has 0 atom stereocenters. The summed E-state index contributed by atoms with van der Waals surface area (Å²) in [6.45, 7) is 0.0853. The van der Waals surface area contributed by atoms with E-state index in [2.05, 4.69) is 10.6 Å². The minimum Gasteiger partial charge on any atom is -0.338 e. The molecule has 3 nitrogen and oxygen atoms in total. The molecule has 0 fully saturated rings. The Labute approximate surface area is 105 Å². The molecule has 0 aliphatic carbocycles. The Kier molecular flexibility index (Phi) is 6.40. The van der Waals surface area contributed by atoms with E-state index in [-0.39, 0.29) is 12.6 Å². The van der Waals surface area contributed by atoms with Crippen LogP contribution in [0.2, 0.25) is 5.02 Å². The van der Waals surface area contributed by atoms with Crippen molar-refractivity contribution in [2.75, 3.05) is 19.8 Å². The first-order chi connectivity index (χ1) is 8.22. The number of hydrogen-bond donors (Lipinski definition) is 2. The number of alkyl halides is 1. The van der Waals surface area contributed by atoms with Crippen molar-refractivity contribution in [3.8, 4) is 0 Å². The smallest absolute Gasteiger partial charge is 0.314 e. The van der Waals surface area contributed by atoms with Crippen molar-refractivity contribution < 1.29 is 9.18 Å². The normalized spacial score (nSPS) is 10.0. The summed E-state index contributed by atoms with van der Waals surface area (Å²) in [6, 6.07) is 7.30. The van der Waals surface area contributed by atoms with Gasteiger partial charge in [0.05, 0.1) is 0 Å². The lowest BCUT2D eigenvalue weighted by molar-refractivity contribution is 0.239. The van der Waals surface area contributed by atoms with Crippen molar-refractivity contribution in [1.82, 2.24) is 10.6 Å². The highest BCUT2D eigenvalue weighted by atomic mass is 35.5. The topological polar surface area (TPSA) is 41.1 Å². The van der Waals surface area contributed by atoms with E-state index in [0.29, 0.717) is 6.54 Å². The van der Waals surface area contributed by atoms with Gasteiger partial charge in [0.1, 0.15) is 6.67 Å². The number of carbonyl (C=O) groups excluding carboxylic acids is 1. The van der Waals surface area contributed by atoms with Gasteiger partial charge in [0, 0.05) is 18.1 Å². The van der Waals surface area contributed by atoms with Gasteiger partial charge in [-0.15, -0.1) is 0 Å². The summed E-state index contributed by atoms with van der Waals surface area (Å²) in [7, 11) is 0. The zero-order valence-electron chi connectivity index (χ0n) is 9.51. The number of amides is 2. The van der Waals surface area contributed by atoms with Crippen LogP contribution in [0.4, 0.5) is 9.18 Å². The molecule has 1 aromatic rings. The molecule has 0 saturated heterocycles. The van der Waals surface area contributed by atoms with Gasteiger partial charge in [-0.05, 0) is 30.5 Å². The van der Waals surface area contributed by atoms with Crippen LogP contribution in [0.1, 0.15) is 12.0 Å². The molecule has 5 heteroatoms. The molecule has 0 unspecified atom stereocenters. The van der Waals surface area contributed by atoms with Crippen LogP contribution < -0.4 is 10.6 Å². The average Bonchev–Trinajstić information content (AvgIpc) is 2.34. The molecule has 1 rings (SSSR count). The first-order valence-corrected chi connectivity index (χ1v) is 5.92. The number of halogens is 2. The van der Waals surface area contributed by atoms with Crippen LogP contribution in [0.25, 0.3) is 0 Å². The first kappa shape index (κ1) is 13.8. The van der Waals surface area contributed by atoms with Gasteiger partial charge in [0.15, 0.2) is 0 Å². The summed E-state index contributed by atoms with van der Waals surface area (Å²) in [4.78, 5) is 11.1. The van der Waals surface area contributed by atoms with E-state index >= 15 is 0 Å². The average molecular weight is 259 g/mol. The summed E-state index contributed by atoms with van der Waals surface area (Å²) in [5.41, 5.74) is 1.18. The second-order valence-electron chi connectivity index (χ2n) is 3.60. The molecule has 2 amide bonds. The molecular weight excluding hydrogens is 243 g/mol. The molecule has 0 aliphatic rings. The minimum atomic E-state index is -0.543. The molecule has 94 valence electrons. The summed E-state index contributed by atoms with van der Waals surface area (Å²) in [6.07, 6.45) is 1.71. The molecule has 1 aromatic carbocycles. The highest BCUT2D eigenvalue weighted by Crippen LogP contribution is 2.10. The molecule has 0 aliphatic heterocycles. The Balaban J connectivity index is 2.11. The van der Waals surface area contributed by atoms with Crippen LogP contribution in [0.5, 0.6) is 0 Å². The van der Waals surface area contributed by atoms with Crippen molar-refractivity contribution in [1.29, 1.82) is 0 Å². The van der Waals surface area contributed by atoms with E-state index < -0.39 is 6.67 Å². The minimum absolute atomic E-state index is 0.0585. The third kappa shape index (κ3) is 6.12. The lowest BCUT2D eigenvalue weighted by Gasteiger charge is -2.06. The lowest BCUT2D eigenvalue weighted by atomic mass is 10.1. The Hall–Kier alpha value is -1.29. The molecule has 0 saturated carbocycles. The molecule has 17 heavy (non-hydrogen) atoms. The zero-order valence-corrected chi connectivity index (χ0v) is 10.3. The maximum absolute atomic E-state index is 11.7. The Morgan fingerprint density at radius 3 is 2.47 bits per heavy atom. The largest absolute Gasteiger partial charge is 0.338 e. The van der Waals surface area contributed by atoms with Crippen LogP contribution in [0, 0.1) is 0 Å². The molecule has 0 aromatic heterocycles. The fourth-order valence-electron chi connectivity index (χ4n) is 1.37. The second-order valence-corrected chi connectivity index (χ2v) is 4.04. The summed E-state index contributed by atoms with van der Waals surface area (Å²) >= 11 is 5.77. The van der Waals surface area contributed by atoms with Gasteiger partial charge < -0.3 is 10.6 Å². The Morgan fingerprint density at radius 1 is 1.18 bits per heavy atom. The Morgan fingerprint density at radius 2 is 1.82 bits per heavy atom. The summed E-state index contributed by atoms with van der Waals surface area (Å²) < 4.78 is 11.7. The molecule has 0 heterocycles. The van der Waals surface area contributed by atoms with Gasteiger partial charge in [-0.1, -0.05) is 23.7 Å². The summed E-state index contributed by atoms with van der Waals surface area (Å²) in [5.74, 6) is 0. The van der Waals surface area contributed by atoms with Gasteiger partial charge in [-0.25, -0.2) is 9.18 Å². The van der Waals surface area contributed by atoms with Crippen LogP contribution in [-0.4, -0.2) is 25.8 Å². The third-order valence-electron chi connectivity index (χ3n) is 2.22. The van der Waals surface area contributed by atoms with E-state index in [0.717, 1.165) is 17.9 Å². The van der Waals surface area contributed by atoms with Gasteiger partial charge in [0.25, 0.3) is 0 Å². The molecule has 2 N–H and O–H groups in total. The lowest BCUT2D eigenvalue weighted by Crippen LogP contribution is -2.37. The molecule has 0 spiro atoms. The van der Waals surface area contributed by atoms with Crippen LogP contribution in [-0.2, 0) is 6.42 Å². The molecular formula is C12H16ClFN2O. The van der Waals surface area contributed by atoms with E-state index in [1.165, 1.54) is 5.56 Å². The predicted molar refractivity (Wildman–Crippen MR) is 67.1 cm³/mol. The van der Waals surface area contributed by atoms with Gasteiger partial charge >= 0.3 is 6.03 Å². The fraction of sp³-hybridized carbons (Fsp3) is 0.417. The number of urea groups is 1. The maximum atomic E-state index is 11.7. The highest BCUT2D eigenvalue weighted by molar-refractivity contribution is 6.30. The highest BCUT2D eigenvalue weighted by Gasteiger charge is 1.98. The predicted octanol–water partition coefficient (Wildman–Crippen LogP) is 2.54. The SMILES string of the molecule is O=C(NCCF)NCCCc1ccc(Cl)cc1.